The fourth-order valence-electron chi connectivity index (χ4n) is 3.03. The fraction of sp³-hybridized carbons (Fsp3) is 0.438. The van der Waals surface area contributed by atoms with E-state index in [2.05, 4.69) is 17.1 Å². The van der Waals surface area contributed by atoms with Gasteiger partial charge in [0.05, 0.1) is 13.1 Å². The summed E-state index contributed by atoms with van der Waals surface area (Å²) >= 11 is 5.99. The average Bonchev–Trinajstić information content (AvgIpc) is 3.04. The predicted octanol–water partition coefficient (Wildman–Crippen LogP) is 1.23. The molecule has 1 aromatic heterocycles. The first-order chi connectivity index (χ1) is 11.0. The third-order valence-corrected chi connectivity index (χ3v) is 4.76. The molecule has 1 aliphatic heterocycles. The first-order valence-corrected chi connectivity index (χ1v) is 8.15. The molecule has 0 unspecified atom stereocenters. The SMILES string of the molecule is C[C@@H](c1nnc(-c2cccc(Cl)c2)o1)[NH+]1CCC(C(N)=O)CC1. The standard InChI is InChI=1S/C16H19ClN4O2/c1-10(21-7-5-11(6-8-21)14(18)22)15-19-20-16(23-15)12-3-2-4-13(17)9-12/h2-4,9-11H,5-8H2,1H3,(H2,18,22)/p+1/t10-/m0/s1. The minimum absolute atomic E-state index is 0.00402. The molecule has 1 saturated heterocycles. The molecule has 1 aliphatic rings. The molecule has 7 heteroatoms. The number of nitrogens with one attached hydrogen (secondary N) is 1. The van der Waals surface area contributed by atoms with Crippen LogP contribution in [0.1, 0.15) is 31.7 Å². The third kappa shape index (κ3) is 3.54. The van der Waals surface area contributed by atoms with Crippen LogP contribution in [0.5, 0.6) is 0 Å². The van der Waals surface area contributed by atoms with Crippen molar-refractivity contribution in [3.8, 4) is 11.5 Å². The first kappa shape index (κ1) is 16.0. The molecule has 0 aliphatic carbocycles. The molecule has 122 valence electrons. The number of benzene rings is 1. The zero-order valence-corrected chi connectivity index (χ0v) is 13.7. The number of carbonyl (C=O) groups is 1. The van der Waals surface area contributed by atoms with Gasteiger partial charge in [0.15, 0.2) is 6.04 Å². The van der Waals surface area contributed by atoms with E-state index in [1.807, 2.05) is 12.1 Å². The lowest BCUT2D eigenvalue weighted by atomic mass is 9.95. The number of aromatic nitrogens is 2. The molecule has 6 nitrogen and oxygen atoms in total. The lowest BCUT2D eigenvalue weighted by molar-refractivity contribution is -0.936. The van der Waals surface area contributed by atoms with Gasteiger partial charge in [-0.1, -0.05) is 17.7 Å². The molecule has 3 rings (SSSR count). The minimum Gasteiger partial charge on any atom is -0.415 e. The molecule has 1 amide bonds. The number of primary amides is 1. The number of piperidine rings is 1. The summed E-state index contributed by atoms with van der Waals surface area (Å²) in [5, 5.41) is 8.94. The molecule has 1 atom stereocenters. The van der Waals surface area contributed by atoms with Crippen LogP contribution in [0.15, 0.2) is 28.7 Å². The number of halogens is 1. The quantitative estimate of drug-likeness (QED) is 0.880. The van der Waals surface area contributed by atoms with Crippen LogP contribution >= 0.6 is 11.6 Å². The van der Waals surface area contributed by atoms with E-state index in [0.29, 0.717) is 16.8 Å². The lowest BCUT2D eigenvalue weighted by Crippen LogP contribution is -3.13. The van der Waals surface area contributed by atoms with Crippen molar-refractivity contribution in [3.05, 3.63) is 35.2 Å². The summed E-state index contributed by atoms with van der Waals surface area (Å²) in [5.41, 5.74) is 6.19. The molecule has 0 bridgehead atoms. The van der Waals surface area contributed by atoms with Crippen LogP contribution in [0.2, 0.25) is 5.02 Å². The maximum absolute atomic E-state index is 11.2. The highest BCUT2D eigenvalue weighted by atomic mass is 35.5. The van der Waals surface area contributed by atoms with E-state index in [-0.39, 0.29) is 17.9 Å². The number of amides is 1. The van der Waals surface area contributed by atoms with Gasteiger partial charge in [-0.05, 0) is 25.1 Å². The Kier molecular flexibility index (Phi) is 4.63. The Hall–Kier alpha value is -1.92. The molecule has 0 radical (unpaired) electrons. The fourth-order valence-corrected chi connectivity index (χ4v) is 3.22. The van der Waals surface area contributed by atoms with Crippen molar-refractivity contribution in [1.29, 1.82) is 0 Å². The van der Waals surface area contributed by atoms with E-state index in [1.54, 1.807) is 12.1 Å². The number of carbonyl (C=O) groups excluding carboxylic acids is 1. The molecular formula is C16H20ClN4O2+. The summed E-state index contributed by atoms with van der Waals surface area (Å²) in [4.78, 5) is 12.6. The summed E-state index contributed by atoms with van der Waals surface area (Å²) in [7, 11) is 0. The maximum atomic E-state index is 11.2. The van der Waals surface area contributed by atoms with Crippen molar-refractivity contribution in [2.75, 3.05) is 13.1 Å². The molecule has 3 N–H and O–H groups in total. The van der Waals surface area contributed by atoms with Crippen molar-refractivity contribution < 1.29 is 14.1 Å². The Morgan fingerprint density at radius 1 is 1.39 bits per heavy atom. The number of likely N-dealkylation sites (tertiary alicyclic amines) is 1. The summed E-state index contributed by atoms with van der Waals surface area (Å²) < 4.78 is 5.82. The van der Waals surface area contributed by atoms with Gasteiger partial charge in [-0.15, -0.1) is 10.2 Å². The molecular weight excluding hydrogens is 316 g/mol. The van der Waals surface area contributed by atoms with Gasteiger partial charge in [-0.25, -0.2) is 0 Å². The van der Waals surface area contributed by atoms with Crippen LogP contribution in [0.4, 0.5) is 0 Å². The van der Waals surface area contributed by atoms with Crippen LogP contribution < -0.4 is 10.6 Å². The summed E-state index contributed by atoms with van der Waals surface area (Å²) in [5.74, 6) is 0.877. The largest absolute Gasteiger partial charge is 0.415 e. The predicted molar refractivity (Wildman–Crippen MR) is 85.8 cm³/mol. The lowest BCUT2D eigenvalue weighted by Gasteiger charge is -2.30. The highest BCUT2D eigenvalue weighted by Crippen LogP contribution is 2.23. The Morgan fingerprint density at radius 2 is 2.13 bits per heavy atom. The first-order valence-electron chi connectivity index (χ1n) is 7.78. The second kappa shape index (κ2) is 6.68. The van der Waals surface area contributed by atoms with E-state index in [0.717, 1.165) is 31.5 Å². The molecule has 1 fully saturated rings. The monoisotopic (exact) mass is 335 g/mol. The van der Waals surface area contributed by atoms with Crippen LogP contribution in [-0.2, 0) is 4.79 Å². The number of nitrogens with two attached hydrogens (primary N) is 1. The third-order valence-electron chi connectivity index (χ3n) is 4.53. The zero-order valence-electron chi connectivity index (χ0n) is 13.0. The topological polar surface area (TPSA) is 86.4 Å². The molecule has 23 heavy (non-hydrogen) atoms. The Labute approximate surface area is 139 Å². The van der Waals surface area contributed by atoms with Crippen LogP contribution in [0, 0.1) is 5.92 Å². The van der Waals surface area contributed by atoms with Gasteiger partial charge in [-0.3, -0.25) is 4.79 Å². The van der Waals surface area contributed by atoms with Gasteiger partial charge in [-0.2, -0.15) is 0 Å². The second-order valence-corrected chi connectivity index (χ2v) is 6.45. The van der Waals surface area contributed by atoms with Gasteiger partial charge in [0.25, 0.3) is 5.89 Å². The Balaban J connectivity index is 1.69. The van der Waals surface area contributed by atoms with Crippen LogP contribution in [-0.4, -0.2) is 29.2 Å². The summed E-state index contributed by atoms with van der Waals surface area (Å²) in [6, 6.07) is 7.43. The number of rotatable bonds is 4. The Morgan fingerprint density at radius 3 is 2.78 bits per heavy atom. The van der Waals surface area contributed by atoms with E-state index in [1.165, 1.54) is 4.90 Å². The second-order valence-electron chi connectivity index (χ2n) is 6.01. The van der Waals surface area contributed by atoms with Gasteiger partial charge in [0.1, 0.15) is 0 Å². The van der Waals surface area contributed by atoms with E-state index in [9.17, 15) is 4.79 Å². The smallest absolute Gasteiger partial charge is 0.274 e. The Bertz CT molecular complexity index is 695. The van der Waals surface area contributed by atoms with Crippen molar-refractivity contribution >= 4 is 17.5 Å². The number of hydrogen-bond acceptors (Lipinski definition) is 4. The van der Waals surface area contributed by atoms with Crippen molar-refractivity contribution in [2.45, 2.75) is 25.8 Å². The average molecular weight is 336 g/mol. The van der Waals surface area contributed by atoms with Gasteiger partial charge >= 0.3 is 0 Å². The van der Waals surface area contributed by atoms with E-state index in [4.69, 9.17) is 21.8 Å². The van der Waals surface area contributed by atoms with Crippen molar-refractivity contribution in [2.24, 2.45) is 11.7 Å². The van der Waals surface area contributed by atoms with Gasteiger partial charge < -0.3 is 15.1 Å². The van der Waals surface area contributed by atoms with Crippen LogP contribution in [0.25, 0.3) is 11.5 Å². The molecule has 2 aromatic rings. The summed E-state index contributed by atoms with van der Waals surface area (Å²) in [6.45, 7) is 3.82. The van der Waals surface area contributed by atoms with E-state index < -0.39 is 0 Å². The van der Waals surface area contributed by atoms with Crippen LogP contribution in [0.3, 0.4) is 0 Å². The molecule has 1 aromatic carbocycles. The van der Waals surface area contributed by atoms with E-state index >= 15 is 0 Å². The molecule has 0 saturated carbocycles. The molecule has 0 spiro atoms. The van der Waals surface area contributed by atoms with Crippen molar-refractivity contribution in [1.82, 2.24) is 10.2 Å². The van der Waals surface area contributed by atoms with Crippen molar-refractivity contribution in [3.63, 3.8) is 0 Å². The maximum Gasteiger partial charge on any atom is 0.274 e. The highest BCUT2D eigenvalue weighted by molar-refractivity contribution is 6.30. The van der Waals surface area contributed by atoms with Gasteiger partial charge in [0.2, 0.25) is 11.8 Å². The molecule has 2 heterocycles. The minimum atomic E-state index is -0.197. The highest BCUT2D eigenvalue weighted by Gasteiger charge is 2.32. The summed E-state index contributed by atoms with van der Waals surface area (Å²) in [6.07, 6.45) is 1.62. The normalized spacial score (nSPS) is 22.7. The number of nitrogens with zero attached hydrogens (tertiary/aromatic N) is 2. The zero-order chi connectivity index (χ0) is 16.4. The number of quaternary nitrogens is 1. The van der Waals surface area contributed by atoms with Gasteiger partial charge in [0, 0.05) is 29.3 Å². The number of hydrogen-bond donors (Lipinski definition) is 2.